The second kappa shape index (κ2) is 8.20. The fraction of sp³-hybridized carbons (Fsp3) is 0.167. The van der Waals surface area contributed by atoms with Crippen LogP contribution in [0.25, 0.3) is 0 Å². The van der Waals surface area contributed by atoms with Gasteiger partial charge in [-0.3, -0.25) is 4.98 Å². The van der Waals surface area contributed by atoms with Crippen LogP contribution >= 0.6 is 23.2 Å². The van der Waals surface area contributed by atoms with Gasteiger partial charge in [0.1, 0.15) is 11.4 Å². The van der Waals surface area contributed by atoms with Crippen LogP contribution in [0.1, 0.15) is 11.1 Å². The molecule has 0 atom stereocenters. The Morgan fingerprint density at radius 1 is 1.11 bits per heavy atom. The largest absolute Gasteiger partial charge is 0.421 e. The van der Waals surface area contributed by atoms with Gasteiger partial charge in [-0.05, 0) is 29.8 Å². The third-order valence-electron chi connectivity index (χ3n) is 3.75. The maximum Gasteiger partial charge on any atom is 0.421 e. The Hall–Kier alpha value is -2.58. The van der Waals surface area contributed by atoms with Crippen molar-refractivity contribution in [3.63, 3.8) is 0 Å². The molecular weight excluding hydrogens is 414 g/mol. The summed E-state index contributed by atoms with van der Waals surface area (Å²) in [5.74, 6) is -0.256. The Bertz CT molecular complexity index is 967. The molecule has 3 rings (SSSR count). The van der Waals surface area contributed by atoms with Crippen molar-refractivity contribution in [2.24, 2.45) is 0 Å². The summed E-state index contributed by atoms with van der Waals surface area (Å²) < 4.78 is 40.3. The number of aromatic nitrogens is 3. The summed E-state index contributed by atoms with van der Waals surface area (Å²) in [6, 6.07) is 8.20. The fourth-order valence-corrected chi connectivity index (χ4v) is 2.77. The number of hydrogen-bond donors (Lipinski definition) is 1. The van der Waals surface area contributed by atoms with Crippen molar-refractivity contribution in [3.8, 4) is 0 Å². The summed E-state index contributed by atoms with van der Waals surface area (Å²) in [4.78, 5) is 13.2. The lowest BCUT2D eigenvalue weighted by Crippen LogP contribution is -2.23. The van der Waals surface area contributed by atoms with Crippen molar-refractivity contribution >= 4 is 40.7 Å². The lowest BCUT2D eigenvalue weighted by Gasteiger charge is -2.22. The van der Waals surface area contributed by atoms with Gasteiger partial charge in [0.25, 0.3) is 0 Å². The Labute approximate surface area is 169 Å². The molecule has 0 aliphatic carbocycles. The van der Waals surface area contributed by atoms with E-state index >= 15 is 0 Å². The smallest absolute Gasteiger partial charge is 0.355 e. The second-order valence-electron chi connectivity index (χ2n) is 5.90. The predicted octanol–water partition coefficient (Wildman–Crippen LogP) is 5.58. The van der Waals surface area contributed by atoms with E-state index in [1.807, 2.05) is 0 Å². The standard InChI is InChI=1S/C18H14Cl2F3N5/c1-28(10-11-3-2-6-24-8-11)16-13(18(21,22)23)9-25-17(27-16)26-12-4-5-14(19)15(20)7-12/h2-9H,10H2,1H3,(H,25,26,27). The lowest BCUT2D eigenvalue weighted by molar-refractivity contribution is -0.137. The molecule has 0 unspecified atom stereocenters. The summed E-state index contributed by atoms with van der Waals surface area (Å²) >= 11 is 11.8. The molecule has 0 saturated carbocycles. The van der Waals surface area contributed by atoms with E-state index in [1.165, 1.54) is 18.0 Å². The van der Waals surface area contributed by atoms with Crippen LogP contribution in [0.2, 0.25) is 10.0 Å². The second-order valence-corrected chi connectivity index (χ2v) is 6.71. The summed E-state index contributed by atoms with van der Waals surface area (Å²) in [5.41, 5.74) is 0.310. The molecule has 2 heterocycles. The van der Waals surface area contributed by atoms with E-state index in [4.69, 9.17) is 23.2 Å². The average molecular weight is 428 g/mol. The summed E-state index contributed by atoms with van der Waals surface area (Å²) in [7, 11) is 1.52. The van der Waals surface area contributed by atoms with E-state index in [0.717, 1.165) is 11.8 Å². The molecule has 0 aliphatic heterocycles. The first-order chi connectivity index (χ1) is 13.2. The van der Waals surface area contributed by atoms with Crippen molar-refractivity contribution in [1.82, 2.24) is 15.0 Å². The first kappa shape index (κ1) is 20.2. The number of nitrogens with one attached hydrogen (secondary N) is 1. The minimum atomic E-state index is -4.60. The zero-order valence-electron chi connectivity index (χ0n) is 14.5. The van der Waals surface area contributed by atoms with Crippen LogP contribution < -0.4 is 10.2 Å². The molecule has 0 aliphatic rings. The number of rotatable bonds is 5. The third kappa shape index (κ3) is 4.82. The van der Waals surface area contributed by atoms with E-state index in [0.29, 0.717) is 15.7 Å². The van der Waals surface area contributed by atoms with E-state index in [2.05, 4.69) is 20.3 Å². The zero-order chi connectivity index (χ0) is 20.3. The van der Waals surface area contributed by atoms with Crippen LogP contribution in [0.3, 0.4) is 0 Å². The topological polar surface area (TPSA) is 53.9 Å². The predicted molar refractivity (Wildman–Crippen MR) is 103 cm³/mol. The minimum absolute atomic E-state index is 0.000532. The number of nitrogens with zero attached hydrogens (tertiary/aromatic N) is 4. The molecular formula is C18H14Cl2F3N5. The van der Waals surface area contributed by atoms with Crippen molar-refractivity contribution in [3.05, 3.63) is 70.1 Å². The Morgan fingerprint density at radius 2 is 1.89 bits per heavy atom. The normalized spacial score (nSPS) is 11.4. The third-order valence-corrected chi connectivity index (χ3v) is 4.49. The Balaban J connectivity index is 1.93. The van der Waals surface area contributed by atoms with Gasteiger partial charge in [-0.2, -0.15) is 18.2 Å². The van der Waals surface area contributed by atoms with E-state index in [1.54, 1.807) is 36.7 Å². The highest BCUT2D eigenvalue weighted by Gasteiger charge is 2.36. The summed E-state index contributed by atoms with van der Waals surface area (Å²) in [5, 5.41) is 3.50. The number of hydrogen-bond acceptors (Lipinski definition) is 5. The van der Waals surface area contributed by atoms with E-state index < -0.39 is 11.7 Å². The number of pyridine rings is 1. The highest BCUT2D eigenvalue weighted by Crippen LogP contribution is 2.36. The van der Waals surface area contributed by atoms with Gasteiger partial charge in [-0.1, -0.05) is 29.3 Å². The molecule has 5 nitrogen and oxygen atoms in total. The first-order valence-electron chi connectivity index (χ1n) is 8.00. The quantitative estimate of drug-likeness (QED) is 0.575. The maximum atomic E-state index is 13.4. The van der Waals surface area contributed by atoms with Crippen molar-refractivity contribution < 1.29 is 13.2 Å². The number of halogens is 5. The van der Waals surface area contributed by atoms with Crippen LogP contribution in [0.5, 0.6) is 0 Å². The molecule has 146 valence electrons. The van der Waals surface area contributed by atoms with Gasteiger partial charge in [0.05, 0.1) is 10.0 Å². The lowest BCUT2D eigenvalue weighted by atomic mass is 10.2. The van der Waals surface area contributed by atoms with Gasteiger partial charge in [0.15, 0.2) is 0 Å². The molecule has 0 spiro atoms. The van der Waals surface area contributed by atoms with Gasteiger partial charge in [-0.15, -0.1) is 0 Å². The minimum Gasteiger partial charge on any atom is -0.355 e. The zero-order valence-corrected chi connectivity index (χ0v) is 16.0. The van der Waals surface area contributed by atoms with Crippen molar-refractivity contribution in [1.29, 1.82) is 0 Å². The SMILES string of the molecule is CN(Cc1cccnc1)c1nc(Nc2ccc(Cl)c(Cl)c2)ncc1C(F)(F)F. The number of alkyl halides is 3. The van der Waals surface area contributed by atoms with Gasteiger partial charge in [-0.25, -0.2) is 4.98 Å². The molecule has 1 N–H and O–H groups in total. The first-order valence-corrected chi connectivity index (χ1v) is 8.76. The summed E-state index contributed by atoms with van der Waals surface area (Å²) in [6.45, 7) is 0.195. The van der Waals surface area contributed by atoms with Crippen LogP contribution in [0, 0.1) is 0 Å². The highest BCUT2D eigenvalue weighted by atomic mass is 35.5. The molecule has 0 amide bonds. The monoisotopic (exact) mass is 427 g/mol. The Kier molecular flexibility index (Phi) is 5.90. The van der Waals surface area contributed by atoms with Crippen LogP contribution in [-0.2, 0) is 12.7 Å². The molecule has 0 bridgehead atoms. The number of anilines is 3. The van der Waals surface area contributed by atoms with Gasteiger partial charge in [0, 0.05) is 37.9 Å². The van der Waals surface area contributed by atoms with Gasteiger partial charge < -0.3 is 10.2 Å². The van der Waals surface area contributed by atoms with Gasteiger partial charge >= 0.3 is 6.18 Å². The van der Waals surface area contributed by atoms with Gasteiger partial charge in [0.2, 0.25) is 5.95 Å². The van der Waals surface area contributed by atoms with Crippen molar-refractivity contribution in [2.45, 2.75) is 12.7 Å². The number of benzene rings is 1. The molecule has 2 aromatic heterocycles. The van der Waals surface area contributed by atoms with E-state index in [9.17, 15) is 13.2 Å². The molecule has 1 aromatic carbocycles. The molecule has 0 saturated heterocycles. The fourth-order valence-electron chi connectivity index (χ4n) is 2.47. The molecule has 0 radical (unpaired) electrons. The Morgan fingerprint density at radius 3 is 2.54 bits per heavy atom. The van der Waals surface area contributed by atoms with Crippen LogP contribution in [0.15, 0.2) is 48.9 Å². The molecule has 10 heteroatoms. The van der Waals surface area contributed by atoms with Crippen LogP contribution in [0.4, 0.5) is 30.6 Å². The maximum absolute atomic E-state index is 13.4. The molecule has 3 aromatic rings. The molecule has 28 heavy (non-hydrogen) atoms. The molecule has 0 fully saturated rings. The van der Waals surface area contributed by atoms with Crippen LogP contribution in [-0.4, -0.2) is 22.0 Å². The van der Waals surface area contributed by atoms with Crippen molar-refractivity contribution in [2.75, 3.05) is 17.3 Å². The highest BCUT2D eigenvalue weighted by molar-refractivity contribution is 6.42. The van der Waals surface area contributed by atoms with E-state index in [-0.39, 0.29) is 18.3 Å². The average Bonchev–Trinajstić information content (AvgIpc) is 2.64. The summed E-state index contributed by atoms with van der Waals surface area (Å²) in [6.07, 6.45) is -0.670.